The fourth-order valence-corrected chi connectivity index (χ4v) is 2.18. The van der Waals surface area contributed by atoms with Crippen molar-refractivity contribution >= 4 is 23.1 Å². The van der Waals surface area contributed by atoms with Crippen molar-refractivity contribution in [2.24, 2.45) is 0 Å². The number of aromatic nitrogens is 3. The van der Waals surface area contributed by atoms with Crippen LogP contribution in [-0.4, -0.2) is 27.0 Å². The van der Waals surface area contributed by atoms with Gasteiger partial charge in [0.15, 0.2) is 0 Å². The Morgan fingerprint density at radius 3 is 2.65 bits per heavy atom. The summed E-state index contributed by atoms with van der Waals surface area (Å²) in [6.45, 7) is 5.60. The molecule has 2 N–H and O–H groups in total. The molecule has 0 aromatic carbocycles. The molecule has 3 aromatic rings. The number of furan rings is 1. The summed E-state index contributed by atoms with van der Waals surface area (Å²) in [6.07, 6.45) is 3.40. The summed E-state index contributed by atoms with van der Waals surface area (Å²) < 4.78 is 5.79. The summed E-state index contributed by atoms with van der Waals surface area (Å²) >= 11 is 0. The number of pyridine rings is 1. The van der Waals surface area contributed by atoms with Gasteiger partial charge >= 0.3 is 6.03 Å². The second-order valence-electron chi connectivity index (χ2n) is 5.45. The monoisotopic (exact) mass is 311 g/mol. The second-order valence-corrected chi connectivity index (χ2v) is 5.45. The third kappa shape index (κ3) is 3.28. The third-order valence-corrected chi connectivity index (χ3v) is 3.19. The second kappa shape index (κ2) is 6.04. The molecule has 0 radical (unpaired) electrons. The third-order valence-electron chi connectivity index (χ3n) is 3.19. The first-order valence-corrected chi connectivity index (χ1v) is 7.29. The highest BCUT2D eigenvalue weighted by atomic mass is 16.3. The lowest BCUT2D eigenvalue weighted by molar-refractivity contribution is 0.250. The molecule has 0 aliphatic rings. The maximum atomic E-state index is 11.8. The van der Waals surface area contributed by atoms with Crippen molar-refractivity contribution in [3.8, 4) is 11.3 Å². The highest BCUT2D eigenvalue weighted by molar-refractivity contribution is 5.89. The molecule has 0 bridgehead atoms. The quantitative estimate of drug-likeness (QED) is 0.775. The minimum Gasteiger partial charge on any atom is -0.438 e. The number of nitrogens with zero attached hydrogens (tertiary/aromatic N) is 3. The fraction of sp³-hybridized carbons (Fsp3) is 0.250. The van der Waals surface area contributed by atoms with Crippen molar-refractivity contribution < 1.29 is 9.21 Å². The predicted octanol–water partition coefficient (Wildman–Crippen LogP) is 3.12. The summed E-state index contributed by atoms with van der Waals surface area (Å²) in [5.74, 6) is 0.896. The van der Waals surface area contributed by atoms with Gasteiger partial charge in [0.1, 0.15) is 5.76 Å². The van der Waals surface area contributed by atoms with Crippen LogP contribution in [0, 0.1) is 6.92 Å². The topological polar surface area (TPSA) is 92.9 Å². The van der Waals surface area contributed by atoms with Gasteiger partial charge in [0, 0.05) is 24.0 Å². The van der Waals surface area contributed by atoms with E-state index in [9.17, 15) is 4.79 Å². The van der Waals surface area contributed by atoms with Crippen molar-refractivity contribution in [1.29, 1.82) is 0 Å². The van der Waals surface area contributed by atoms with E-state index in [1.165, 1.54) is 0 Å². The van der Waals surface area contributed by atoms with Gasteiger partial charge < -0.3 is 9.73 Å². The summed E-state index contributed by atoms with van der Waals surface area (Å²) in [4.78, 5) is 24.3. The van der Waals surface area contributed by atoms with Crippen LogP contribution in [-0.2, 0) is 0 Å². The standard InChI is InChI=1S/C16H17N5O2/c1-9(2)18-16(22)21-15-19-10(3)12-8-13(23-14(12)20-15)11-4-6-17-7-5-11/h4-9H,1-3H3,(H2,18,19,20,21,22). The van der Waals surface area contributed by atoms with Gasteiger partial charge in [0.2, 0.25) is 11.7 Å². The maximum absolute atomic E-state index is 11.8. The normalized spacial score (nSPS) is 11.0. The fourth-order valence-electron chi connectivity index (χ4n) is 2.18. The van der Waals surface area contributed by atoms with E-state index < -0.39 is 0 Å². The highest BCUT2D eigenvalue weighted by Gasteiger charge is 2.13. The zero-order valence-electron chi connectivity index (χ0n) is 13.1. The van der Waals surface area contributed by atoms with Gasteiger partial charge in [-0.25, -0.2) is 9.78 Å². The lowest BCUT2D eigenvalue weighted by Crippen LogP contribution is -2.34. The smallest absolute Gasteiger partial charge is 0.321 e. The predicted molar refractivity (Wildman–Crippen MR) is 87.1 cm³/mol. The number of aryl methyl sites for hydroxylation is 1. The zero-order chi connectivity index (χ0) is 16.4. The first kappa shape index (κ1) is 15.0. The van der Waals surface area contributed by atoms with Crippen LogP contribution in [0.5, 0.6) is 0 Å². The number of hydrogen-bond acceptors (Lipinski definition) is 5. The van der Waals surface area contributed by atoms with Crippen molar-refractivity contribution in [3.63, 3.8) is 0 Å². The summed E-state index contributed by atoms with van der Waals surface area (Å²) in [5, 5.41) is 6.15. The zero-order valence-corrected chi connectivity index (χ0v) is 13.1. The van der Waals surface area contributed by atoms with Crippen molar-refractivity contribution in [2.45, 2.75) is 26.8 Å². The molecular formula is C16H17N5O2. The van der Waals surface area contributed by atoms with Crippen LogP contribution in [0.2, 0.25) is 0 Å². The number of amides is 2. The van der Waals surface area contributed by atoms with E-state index in [0.717, 1.165) is 16.6 Å². The van der Waals surface area contributed by atoms with E-state index in [2.05, 4.69) is 25.6 Å². The minimum absolute atomic E-state index is 0.0294. The molecule has 118 valence electrons. The molecule has 3 heterocycles. The van der Waals surface area contributed by atoms with E-state index in [-0.39, 0.29) is 18.0 Å². The van der Waals surface area contributed by atoms with Gasteiger partial charge in [-0.3, -0.25) is 10.3 Å². The molecule has 7 heteroatoms. The van der Waals surface area contributed by atoms with Crippen LogP contribution in [0.25, 0.3) is 22.4 Å². The Balaban J connectivity index is 1.94. The van der Waals surface area contributed by atoms with Crippen molar-refractivity contribution in [1.82, 2.24) is 20.3 Å². The van der Waals surface area contributed by atoms with E-state index >= 15 is 0 Å². The molecule has 0 aliphatic carbocycles. The van der Waals surface area contributed by atoms with Crippen LogP contribution < -0.4 is 10.6 Å². The largest absolute Gasteiger partial charge is 0.438 e. The molecule has 0 saturated heterocycles. The van der Waals surface area contributed by atoms with Crippen LogP contribution in [0.3, 0.4) is 0 Å². The Morgan fingerprint density at radius 1 is 1.22 bits per heavy atom. The average Bonchev–Trinajstić information content (AvgIpc) is 2.92. The number of rotatable bonds is 3. The molecule has 3 rings (SSSR count). The highest BCUT2D eigenvalue weighted by Crippen LogP contribution is 2.28. The molecule has 0 saturated carbocycles. The molecule has 0 atom stereocenters. The number of anilines is 1. The number of carbonyl (C=O) groups excluding carboxylic acids is 1. The van der Waals surface area contributed by atoms with Crippen LogP contribution in [0.15, 0.2) is 35.0 Å². The Hall–Kier alpha value is -2.96. The van der Waals surface area contributed by atoms with E-state index in [4.69, 9.17) is 4.42 Å². The molecule has 7 nitrogen and oxygen atoms in total. The first-order valence-electron chi connectivity index (χ1n) is 7.29. The Kier molecular flexibility index (Phi) is 3.92. The average molecular weight is 311 g/mol. The molecule has 0 aliphatic heterocycles. The molecule has 2 amide bonds. The van der Waals surface area contributed by atoms with Gasteiger partial charge in [0.25, 0.3) is 0 Å². The summed E-state index contributed by atoms with van der Waals surface area (Å²) in [6, 6.07) is 5.28. The molecule has 0 unspecified atom stereocenters. The number of nitrogens with one attached hydrogen (secondary N) is 2. The van der Waals surface area contributed by atoms with Crippen LogP contribution in [0.1, 0.15) is 19.5 Å². The number of urea groups is 1. The molecule has 0 fully saturated rings. The Morgan fingerprint density at radius 2 is 1.96 bits per heavy atom. The van der Waals surface area contributed by atoms with Crippen LogP contribution in [0.4, 0.5) is 10.7 Å². The van der Waals surface area contributed by atoms with E-state index in [0.29, 0.717) is 11.5 Å². The number of hydrogen-bond donors (Lipinski definition) is 2. The van der Waals surface area contributed by atoms with E-state index in [1.807, 2.05) is 39.0 Å². The molecule has 0 spiro atoms. The number of fused-ring (bicyclic) bond motifs is 1. The number of carbonyl (C=O) groups is 1. The van der Waals surface area contributed by atoms with Crippen LogP contribution >= 0.6 is 0 Å². The lowest BCUT2D eigenvalue weighted by Gasteiger charge is -2.09. The summed E-state index contributed by atoms with van der Waals surface area (Å²) in [5.41, 5.74) is 2.08. The Bertz CT molecular complexity index is 842. The van der Waals surface area contributed by atoms with Crippen molar-refractivity contribution in [3.05, 3.63) is 36.3 Å². The lowest BCUT2D eigenvalue weighted by atomic mass is 10.2. The van der Waals surface area contributed by atoms with Gasteiger partial charge in [-0.1, -0.05) is 0 Å². The van der Waals surface area contributed by atoms with Gasteiger partial charge in [-0.05, 0) is 39.0 Å². The van der Waals surface area contributed by atoms with Gasteiger partial charge in [-0.2, -0.15) is 4.98 Å². The summed E-state index contributed by atoms with van der Waals surface area (Å²) in [7, 11) is 0. The molecule has 3 aromatic heterocycles. The molecule has 23 heavy (non-hydrogen) atoms. The molecular weight excluding hydrogens is 294 g/mol. The minimum atomic E-state index is -0.348. The maximum Gasteiger partial charge on any atom is 0.321 e. The van der Waals surface area contributed by atoms with Gasteiger partial charge in [-0.15, -0.1) is 0 Å². The van der Waals surface area contributed by atoms with Gasteiger partial charge in [0.05, 0.1) is 11.1 Å². The SMILES string of the molecule is Cc1nc(NC(=O)NC(C)C)nc2oc(-c3ccncc3)cc12. The van der Waals surface area contributed by atoms with E-state index in [1.54, 1.807) is 12.4 Å². The Labute approximate surface area is 133 Å². The first-order chi connectivity index (χ1) is 11.0. The van der Waals surface area contributed by atoms with Crippen molar-refractivity contribution in [2.75, 3.05) is 5.32 Å².